The number of hydrogen-bond donors (Lipinski definition) is 2. The number of nitrogens with one attached hydrogen (secondary N) is 2. The molecule has 2 aromatic heterocycles. The number of carbonyl (C=O) groups excluding carboxylic acids is 2. The third-order valence-corrected chi connectivity index (χ3v) is 3.92. The lowest BCUT2D eigenvalue weighted by molar-refractivity contribution is -0.120. The first-order valence-electron chi connectivity index (χ1n) is 7.07. The van der Waals surface area contributed by atoms with Crippen LogP contribution in [-0.2, 0) is 22.4 Å². The number of carbonyl (C=O) groups is 2. The lowest BCUT2D eigenvalue weighted by Gasteiger charge is -2.06. The molecule has 0 aliphatic rings. The Labute approximate surface area is 133 Å². The highest BCUT2D eigenvalue weighted by atomic mass is 32.1. The molecule has 7 heteroatoms. The molecule has 0 saturated carbocycles. The van der Waals surface area contributed by atoms with Gasteiger partial charge in [-0.25, -0.2) is 4.98 Å². The molecule has 2 aromatic rings. The van der Waals surface area contributed by atoms with Crippen LogP contribution < -0.4 is 10.6 Å². The molecular weight excluding hydrogens is 300 g/mol. The number of aromatic nitrogens is 2. The van der Waals surface area contributed by atoms with Gasteiger partial charge in [0.15, 0.2) is 0 Å². The van der Waals surface area contributed by atoms with Crippen molar-refractivity contribution in [2.45, 2.75) is 26.2 Å². The smallest absolute Gasteiger partial charge is 0.226 e. The van der Waals surface area contributed by atoms with E-state index in [2.05, 4.69) is 20.6 Å². The number of aryl methyl sites for hydroxylation is 1. The zero-order valence-corrected chi connectivity index (χ0v) is 13.2. The molecule has 6 nitrogen and oxygen atoms in total. The fourth-order valence-electron chi connectivity index (χ4n) is 1.79. The van der Waals surface area contributed by atoms with E-state index in [1.165, 1.54) is 0 Å². The van der Waals surface area contributed by atoms with Gasteiger partial charge in [-0.05, 0) is 18.6 Å². The predicted octanol–water partition coefficient (Wildman–Crippen LogP) is 1.79. The van der Waals surface area contributed by atoms with Crippen LogP contribution in [0.5, 0.6) is 0 Å². The van der Waals surface area contributed by atoms with Crippen LogP contribution >= 0.6 is 11.3 Å². The van der Waals surface area contributed by atoms with E-state index < -0.39 is 0 Å². The van der Waals surface area contributed by atoms with Crippen LogP contribution in [0.1, 0.15) is 24.0 Å². The summed E-state index contributed by atoms with van der Waals surface area (Å²) in [6, 6.07) is 3.42. The molecule has 0 saturated heterocycles. The molecule has 0 unspecified atom stereocenters. The first-order chi connectivity index (χ1) is 10.7. The molecule has 2 heterocycles. The van der Waals surface area contributed by atoms with E-state index in [4.69, 9.17) is 0 Å². The lowest BCUT2D eigenvalue weighted by Crippen LogP contribution is -2.29. The standard InChI is InChI=1S/C15H18N4O2S/c1-2-15-19-12(10-22-15)9-14(21)17-8-5-13(20)18-11-3-6-16-7-4-11/h3-4,6-7,10H,2,5,8-9H2,1H3,(H,17,21)(H,16,18,20). The number of thiazole rings is 1. The van der Waals surface area contributed by atoms with Gasteiger partial charge in [0.2, 0.25) is 11.8 Å². The van der Waals surface area contributed by atoms with E-state index in [9.17, 15) is 9.59 Å². The van der Waals surface area contributed by atoms with E-state index in [0.29, 0.717) is 12.2 Å². The van der Waals surface area contributed by atoms with Crippen molar-refractivity contribution in [3.8, 4) is 0 Å². The Bertz CT molecular complexity index is 627. The minimum Gasteiger partial charge on any atom is -0.355 e. The summed E-state index contributed by atoms with van der Waals surface area (Å²) >= 11 is 1.56. The molecule has 0 aromatic carbocycles. The number of nitrogens with zero attached hydrogens (tertiary/aromatic N) is 2. The topological polar surface area (TPSA) is 84.0 Å². The second-order valence-electron chi connectivity index (χ2n) is 4.65. The van der Waals surface area contributed by atoms with Crippen molar-refractivity contribution in [3.63, 3.8) is 0 Å². The van der Waals surface area contributed by atoms with E-state index in [1.54, 1.807) is 35.9 Å². The van der Waals surface area contributed by atoms with Crippen molar-refractivity contribution in [1.29, 1.82) is 0 Å². The highest BCUT2D eigenvalue weighted by Gasteiger charge is 2.08. The van der Waals surface area contributed by atoms with Gasteiger partial charge in [-0.2, -0.15) is 0 Å². The first kappa shape index (κ1) is 16.1. The Morgan fingerprint density at radius 3 is 2.68 bits per heavy atom. The maximum absolute atomic E-state index is 11.8. The Hall–Kier alpha value is -2.28. The fraction of sp³-hybridized carbons (Fsp3) is 0.333. The zero-order valence-electron chi connectivity index (χ0n) is 12.3. The summed E-state index contributed by atoms with van der Waals surface area (Å²) in [6.07, 6.45) is 4.57. The number of rotatable bonds is 7. The van der Waals surface area contributed by atoms with Crippen molar-refractivity contribution >= 4 is 28.8 Å². The lowest BCUT2D eigenvalue weighted by atomic mass is 10.3. The maximum Gasteiger partial charge on any atom is 0.226 e. The van der Waals surface area contributed by atoms with Gasteiger partial charge in [-0.3, -0.25) is 14.6 Å². The average molecular weight is 318 g/mol. The number of amides is 2. The molecular formula is C15H18N4O2S. The Morgan fingerprint density at radius 1 is 1.23 bits per heavy atom. The monoisotopic (exact) mass is 318 g/mol. The van der Waals surface area contributed by atoms with Crippen molar-refractivity contribution in [2.24, 2.45) is 0 Å². The highest BCUT2D eigenvalue weighted by Crippen LogP contribution is 2.10. The molecule has 2 rings (SSSR count). The summed E-state index contributed by atoms with van der Waals surface area (Å²) in [6.45, 7) is 2.34. The van der Waals surface area contributed by atoms with Crippen LogP contribution in [0.4, 0.5) is 5.69 Å². The van der Waals surface area contributed by atoms with Gasteiger partial charge in [0.25, 0.3) is 0 Å². The first-order valence-corrected chi connectivity index (χ1v) is 7.95. The zero-order chi connectivity index (χ0) is 15.8. The molecule has 22 heavy (non-hydrogen) atoms. The number of pyridine rings is 1. The number of anilines is 1. The fourth-order valence-corrected chi connectivity index (χ4v) is 2.54. The van der Waals surface area contributed by atoms with E-state index in [1.807, 2.05) is 12.3 Å². The van der Waals surface area contributed by atoms with Crippen LogP contribution in [0, 0.1) is 0 Å². The summed E-state index contributed by atoms with van der Waals surface area (Å²) in [5.41, 5.74) is 1.47. The van der Waals surface area contributed by atoms with Crippen LogP contribution in [-0.4, -0.2) is 28.3 Å². The summed E-state index contributed by atoms with van der Waals surface area (Å²) in [5, 5.41) is 8.39. The predicted molar refractivity (Wildman–Crippen MR) is 85.7 cm³/mol. The van der Waals surface area contributed by atoms with Crippen molar-refractivity contribution < 1.29 is 9.59 Å². The minimum absolute atomic E-state index is 0.121. The van der Waals surface area contributed by atoms with Crippen LogP contribution in [0.25, 0.3) is 0 Å². The quantitative estimate of drug-likeness (QED) is 0.815. The van der Waals surface area contributed by atoms with Gasteiger partial charge in [-0.1, -0.05) is 6.92 Å². The van der Waals surface area contributed by atoms with Gasteiger partial charge < -0.3 is 10.6 Å². The van der Waals surface area contributed by atoms with Crippen LogP contribution in [0.3, 0.4) is 0 Å². The van der Waals surface area contributed by atoms with Crippen LogP contribution in [0.2, 0.25) is 0 Å². The molecule has 0 atom stereocenters. The summed E-state index contributed by atoms with van der Waals surface area (Å²) in [4.78, 5) is 31.7. The average Bonchev–Trinajstić information content (AvgIpc) is 2.95. The van der Waals surface area contributed by atoms with Gasteiger partial charge >= 0.3 is 0 Å². The van der Waals surface area contributed by atoms with Gasteiger partial charge in [0.05, 0.1) is 17.1 Å². The second kappa shape index (κ2) is 8.23. The van der Waals surface area contributed by atoms with Gasteiger partial charge in [-0.15, -0.1) is 11.3 Å². The Morgan fingerprint density at radius 2 is 2.00 bits per heavy atom. The van der Waals surface area contributed by atoms with E-state index in [0.717, 1.165) is 17.1 Å². The molecule has 0 fully saturated rings. The molecule has 0 radical (unpaired) electrons. The molecule has 0 bridgehead atoms. The summed E-state index contributed by atoms with van der Waals surface area (Å²) in [7, 11) is 0. The van der Waals surface area contributed by atoms with Crippen molar-refractivity contribution in [1.82, 2.24) is 15.3 Å². The third-order valence-electron chi connectivity index (χ3n) is 2.88. The summed E-state index contributed by atoms with van der Waals surface area (Å²) in [5.74, 6) is -0.266. The third kappa shape index (κ3) is 5.25. The number of hydrogen-bond acceptors (Lipinski definition) is 5. The Kier molecular flexibility index (Phi) is 6.02. The molecule has 2 amide bonds. The normalized spacial score (nSPS) is 10.2. The molecule has 2 N–H and O–H groups in total. The highest BCUT2D eigenvalue weighted by molar-refractivity contribution is 7.09. The molecule has 116 valence electrons. The molecule has 0 spiro atoms. The largest absolute Gasteiger partial charge is 0.355 e. The molecule has 0 aliphatic carbocycles. The van der Waals surface area contributed by atoms with Crippen LogP contribution in [0.15, 0.2) is 29.9 Å². The molecule has 0 aliphatic heterocycles. The van der Waals surface area contributed by atoms with Crippen molar-refractivity contribution in [3.05, 3.63) is 40.6 Å². The maximum atomic E-state index is 11.8. The van der Waals surface area contributed by atoms with E-state index in [-0.39, 0.29) is 24.7 Å². The second-order valence-corrected chi connectivity index (χ2v) is 5.59. The van der Waals surface area contributed by atoms with Gasteiger partial charge in [0.1, 0.15) is 0 Å². The minimum atomic E-state index is -0.145. The van der Waals surface area contributed by atoms with Gasteiger partial charge in [0, 0.05) is 36.4 Å². The van der Waals surface area contributed by atoms with E-state index >= 15 is 0 Å². The van der Waals surface area contributed by atoms with Crippen molar-refractivity contribution in [2.75, 3.05) is 11.9 Å². The Balaban J connectivity index is 1.67. The summed E-state index contributed by atoms with van der Waals surface area (Å²) < 4.78 is 0. The SMILES string of the molecule is CCc1nc(CC(=O)NCCC(=O)Nc2ccncc2)cs1.